The van der Waals surface area contributed by atoms with E-state index >= 15 is 0 Å². The minimum atomic E-state index is -0.000634. The molecule has 1 aliphatic rings. The van der Waals surface area contributed by atoms with Crippen LogP contribution in [-0.4, -0.2) is 38.1 Å². The lowest BCUT2D eigenvalue weighted by Crippen LogP contribution is -2.41. The van der Waals surface area contributed by atoms with Crippen LogP contribution in [0.3, 0.4) is 0 Å². The highest BCUT2D eigenvalue weighted by molar-refractivity contribution is 5.93. The number of carbonyl (C=O) groups excluding carboxylic acids is 2. The van der Waals surface area contributed by atoms with Crippen LogP contribution in [0.15, 0.2) is 18.2 Å². The smallest absolute Gasteiger partial charge is 0.223 e. The summed E-state index contributed by atoms with van der Waals surface area (Å²) in [5, 5.41) is 2.98. The Kier molecular flexibility index (Phi) is 6.79. The zero-order valence-corrected chi connectivity index (χ0v) is 14.9. The summed E-state index contributed by atoms with van der Waals surface area (Å²) in [6, 6.07) is 6.09. The van der Waals surface area contributed by atoms with Crippen LogP contribution in [0.5, 0.6) is 0 Å². The number of nitrogens with zero attached hydrogens (tertiary/aromatic N) is 1. The van der Waals surface area contributed by atoms with E-state index in [1.54, 1.807) is 11.8 Å². The van der Waals surface area contributed by atoms with Crippen LogP contribution in [0.2, 0.25) is 0 Å². The molecule has 1 saturated heterocycles. The van der Waals surface area contributed by atoms with Gasteiger partial charge in [-0.25, -0.2) is 0 Å². The normalized spacial score (nSPS) is 15.1. The highest BCUT2D eigenvalue weighted by Crippen LogP contribution is 2.25. The molecule has 5 heteroatoms. The maximum Gasteiger partial charge on any atom is 0.223 e. The summed E-state index contributed by atoms with van der Waals surface area (Å²) in [4.78, 5) is 26.1. The first-order valence-electron chi connectivity index (χ1n) is 8.76. The van der Waals surface area contributed by atoms with Crippen molar-refractivity contribution in [2.45, 2.75) is 40.0 Å². The van der Waals surface area contributed by atoms with E-state index in [0.717, 1.165) is 36.1 Å². The van der Waals surface area contributed by atoms with Crippen molar-refractivity contribution in [1.29, 1.82) is 0 Å². The van der Waals surface area contributed by atoms with E-state index in [1.807, 2.05) is 19.1 Å². The summed E-state index contributed by atoms with van der Waals surface area (Å²) < 4.78 is 5.29. The summed E-state index contributed by atoms with van der Waals surface area (Å²) in [5.74, 6) is 0.107. The highest BCUT2D eigenvalue weighted by Gasteiger charge is 2.22. The Balaban J connectivity index is 1.99. The van der Waals surface area contributed by atoms with Crippen molar-refractivity contribution in [2.24, 2.45) is 5.92 Å². The number of rotatable bonds is 6. The molecular weight excluding hydrogens is 304 g/mol. The molecule has 0 atom stereocenters. The van der Waals surface area contributed by atoms with Crippen molar-refractivity contribution in [3.8, 4) is 0 Å². The Morgan fingerprint density at radius 1 is 1.29 bits per heavy atom. The van der Waals surface area contributed by atoms with Gasteiger partial charge in [0.25, 0.3) is 0 Å². The van der Waals surface area contributed by atoms with Crippen molar-refractivity contribution < 1.29 is 14.3 Å². The van der Waals surface area contributed by atoms with Gasteiger partial charge < -0.3 is 15.0 Å². The lowest BCUT2D eigenvalue weighted by molar-refractivity contribution is -0.127. The van der Waals surface area contributed by atoms with Gasteiger partial charge in [0.15, 0.2) is 0 Å². The zero-order chi connectivity index (χ0) is 17.5. The van der Waals surface area contributed by atoms with Gasteiger partial charge in [-0.1, -0.05) is 25.1 Å². The fraction of sp³-hybridized carbons (Fsp3) is 0.579. The first-order chi connectivity index (χ1) is 11.5. The lowest BCUT2D eigenvalue weighted by Gasteiger charge is -2.27. The van der Waals surface area contributed by atoms with E-state index in [-0.39, 0.29) is 17.7 Å². The quantitative estimate of drug-likeness (QED) is 0.870. The van der Waals surface area contributed by atoms with Crippen molar-refractivity contribution >= 4 is 17.5 Å². The van der Waals surface area contributed by atoms with Crippen molar-refractivity contribution in [3.05, 3.63) is 29.3 Å². The molecule has 0 aliphatic carbocycles. The summed E-state index contributed by atoms with van der Waals surface area (Å²) in [6.45, 7) is 7.94. The van der Waals surface area contributed by atoms with E-state index in [2.05, 4.69) is 18.3 Å². The van der Waals surface area contributed by atoms with Gasteiger partial charge in [0.05, 0.1) is 0 Å². The zero-order valence-electron chi connectivity index (χ0n) is 14.9. The minimum Gasteiger partial charge on any atom is -0.381 e. The number of benzene rings is 1. The maximum absolute atomic E-state index is 12.2. The predicted octanol–water partition coefficient (Wildman–Crippen LogP) is 2.45. The summed E-state index contributed by atoms with van der Waals surface area (Å²) in [7, 11) is 0. The van der Waals surface area contributed by atoms with Crippen molar-refractivity contribution in [2.75, 3.05) is 31.2 Å². The minimum absolute atomic E-state index is 0.000634. The maximum atomic E-state index is 12.2. The molecule has 0 spiro atoms. The molecule has 0 radical (unpaired) electrons. The molecule has 24 heavy (non-hydrogen) atoms. The summed E-state index contributed by atoms with van der Waals surface area (Å²) >= 11 is 0. The van der Waals surface area contributed by atoms with E-state index in [4.69, 9.17) is 4.74 Å². The third-order valence-corrected chi connectivity index (χ3v) is 4.58. The monoisotopic (exact) mass is 332 g/mol. The number of carbonyl (C=O) groups is 2. The first kappa shape index (κ1) is 18.5. The van der Waals surface area contributed by atoms with Gasteiger partial charge in [-0.05, 0) is 37.3 Å². The number of nitrogens with one attached hydrogen (secondary N) is 1. The number of aryl methyl sites for hydroxylation is 2. The van der Waals surface area contributed by atoms with E-state index in [9.17, 15) is 9.59 Å². The Hall–Kier alpha value is -1.88. The summed E-state index contributed by atoms with van der Waals surface area (Å²) in [6.07, 6.45) is 2.43. The van der Waals surface area contributed by atoms with Gasteiger partial charge in [-0.2, -0.15) is 0 Å². The van der Waals surface area contributed by atoms with E-state index < -0.39 is 0 Å². The fourth-order valence-corrected chi connectivity index (χ4v) is 3.21. The molecular formula is C19H28N2O3. The fourth-order valence-electron chi connectivity index (χ4n) is 3.21. The molecule has 2 amide bonds. The first-order valence-corrected chi connectivity index (χ1v) is 8.76. The molecule has 1 aromatic carbocycles. The Labute approximate surface area is 144 Å². The molecule has 0 unspecified atom stereocenters. The van der Waals surface area contributed by atoms with Crippen molar-refractivity contribution in [3.63, 3.8) is 0 Å². The number of hydrogen-bond donors (Lipinski definition) is 1. The molecule has 0 bridgehead atoms. The van der Waals surface area contributed by atoms with Gasteiger partial charge in [-0.3, -0.25) is 9.59 Å². The Bertz CT molecular complexity index is 580. The topological polar surface area (TPSA) is 58.6 Å². The number of amides is 2. The van der Waals surface area contributed by atoms with Gasteiger partial charge in [0, 0.05) is 44.8 Å². The Morgan fingerprint density at radius 3 is 2.62 bits per heavy atom. The number of anilines is 1. The van der Waals surface area contributed by atoms with E-state index in [1.165, 1.54) is 0 Å². The average Bonchev–Trinajstić information content (AvgIpc) is 2.59. The number of hydrogen-bond acceptors (Lipinski definition) is 3. The second kappa shape index (κ2) is 8.83. The molecule has 1 aliphatic heterocycles. The van der Waals surface area contributed by atoms with Crippen LogP contribution in [0.4, 0.5) is 5.69 Å². The van der Waals surface area contributed by atoms with Gasteiger partial charge in [0.2, 0.25) is 11.8 Å². The molecule has 2 rings (SSSR count). The second-order valence-corrected chi connectivity index (χ2v) is 6.28. The summed E-state index contributed by atoms with van der Waals surface area (Å²) in [5.41, 5.74) is 3.22. The molecule has 1 fully saturated rings. The van der Waals surface area contributed by atoms with Crippen molar-refractivity contribution in [1.82, 2.24) is 5.32 Å². The van der Waals surface area contributed by atoms with Crippen LogP contribution in [-0.2, 0) is 20.7 Å². The van der Waals surface area contributed by atoms with Crippen LogP contribution in [0.25, 0.3) is 0 Å². The molecule has 1 heterocycles. The van der Waals surface area contributed by atoms with Gasteiger partial charge >= 0.3 is 0 Å². The van der Waals surface area contributed by atoms with Crippen LogP contribution < -0.4 is 10.2 Å². The third kappa shape index (κ3) is 4.57. The second-order valence-electron chi connectivity index (χ2n) is 6.28. The SMILES string of the molecule is CCc1cccc(C)c1N(CCNC(=O)C1CCOCC1)C(C)=O. The van der Waals surface area contributed by atoms with E-state index in [0.29, 0.717) is 26.3 Å². The molecule has 0 saturated carbocycles. The molecule has 1 N–H and O–H groups in total. The lowest BCUT2D eigenvalue weighted by atomic mass is 9.99. The molecule has 5 nitrogen and oxygen atoms in total. The third-order valence-electron chi connectivity index (χ3n) is 4.58. The number of para-hydroxylation sites is 1. The van der Waals surface area contributed by atoms with Gasteiger partial charge in [0.1, 0.15) is 0 Å². The average molecular weight is 332 g/mol. The predicted molar refractivity (Wildman–Crippen MR) is 95.1 cm³/mol. The molecule has 0 aromatic heterocycles. The number of ether oxygens (including phenoxy) is 1. The highest BCUT2D eigenvalue weighted by atomic mass is 16.5. The van der Waals surface area contributed by atoms with Gasteiger partial charge in [-0.15, -0.1) is 0 Å². The molecule has 132 valence electrons. The van der Waals surface area contributed by atoms with Crippen LogP contribution in [0, 0.1) is 12.8 Å². The van der Waals surface area contributed by atoms with Crippen LogP contribution in [0.1, 0.15) is 37.8 Å². The standard InChI is InChI=1S/C19H28N2O3/c1-4-16-7-5-6-14(2)18(16)21(15(3)22)11-10-20-19(23)17-8-12-24-13-9-17/h5-7,17H,4,8-13H2,1-3H3,(H,20,23). The largest absolute Gasteiger partial charge is 0.381 e. The van der Waals surface area contributed by atoms with Crippen LogP contribution >= 0.6 is 0 Å². The molecule has 1 aromatic rings. The Morgan fingerprint density at radius 2 is 2.00 bits per heavy atom.